The van der Waals surface area contributed by atoms with Crippen LogP contribution < -0.4 is 0 Å². The van der Waals surface area contributed by atoms with E-state index in [4.69, 9.17) is 12.2 Å². The SMILES string of the molecule is CN(C)C(=S)/N=N/c1c(O)[nH]c2ccccc12. The molecule has 0 aliphatic rings. The zero-order valence-electron chi connectivity index (χ0n) is 9.51. The molecule has 0 bridgehead atoms. The summed E-state index contributed by atoms with van der Waals surface area (Å²) in [5, 5.41) is 18.7. The Morgan fingerprint density at radius 2 is 2.06 bits per heavy atom. The molecule has 6 heteroatoms. The lowest BCUT2D eigenvalue weighted by Gasteiger charge is -2.06. The maximum absolute atomic E-state index is 9.72. The minimum atomic E-state index is -0.00324. The van der Waals surface area contributed by atoms with Crippen LogP contribution in [0.1, 0.15) is 0 Å². The van der Waals surface area contributed by atoms with Gasteiger partial charge in [-0.1, -0.05) is 18.2 Å². The van der Waals surface area contributed by atoms with E-state index in [1.54, 1.807) is 19.0 Å². The third-order valence-electron chi connectivity index (χ3n) is 2.28. The van der Waals surface area contributed by atoms with Crippen molar-refractivity contribution in [2.75, 3.05) is 14.1 Å². The Hall–Kier alpha value is -1.95. The summed E-state index contributed by atoms with van der Waals surface area (Å²) in [7, 11) is 3.58. The van der Waals surface area contributed by atoms with Gasteiger partial charge < -0.3 is 15.0 Å². The lowest BCUT2D eigenvalue weighted by Crippen LogP contribution is -2.16. The molecule has 0 unspecified atom stereocenters. The van der Waals surface area contributed by atoms with Gasteiger partial charge in [-0.15, -0.1) is 10.2 Å². The fraction of sp³-hybridized carbons (Fsp3) is 0.182. The van der Waals surface area contributed by atoms with E-state index in [-0.39, 0.29) is 5.88 Å². The Morgan fingerprint density at radius 1 is 1.35 bits per heavy atom. The fourth-order valence-electron chi connectivity index (χ4n) is 1.40. The number of nitrogens with zero attached hydrogens (tertiary/aromatic N) is 3. The largest absolute Gasteiger partial charge is 0.493 e. The van der Waals surface area contributed by atoms with Crippen molar-refractivity contribution in [1.29, 1.82) is 0 Å². The highest BCUT2D eigenvalue weighted by molar-refractivity contribution is 7.80. The van der Waals surface area contributed by atoms with Gasteiger partial charge in [0.15, 0.2) is 5.69 Å². The quantitative estimate of drug-likeness (QED) is 0.602. The van der Waals surface area contributed by atoms with Crippen molar-refractivity contribution >= 4 is 33.9 Å². The highest BCUT2D eigenvalue weighted by atomic mass is 32.1. The second-order valence-electron chi connectivity index (χ2n) is 3.74. The second-order valence-corrected chi connectivity index (χ2v) is 4.11. The molecule has 0 aliphatic carbocycles. The number of fused-ring (bicyclic) bond motifs is 1. The predicted molar refractivity (Wildman–Crippen MR) is 70.8 cm³/mol. The van der Waals surface area contributed by atoms with Crippen LogP contribution in [-0.2, 0) is 0 Å². The summed E-state index contributed by atoms with van der Waals surface area (Å²) < 4.78 is 0. The van der Waals surface area contributed by atoms with Gasteiger partial charge >= 0.3 is 0 Å². The topological polar surface area (TPSA) is 64.0 Å². The Morgan fingerprint density at radius 3 is 2.76 bits per heavy atom. The third kappa shape index (κ3) is 2.26. The van der Waals surface area contributed by atoms with E-state index in [0.717, 1.165) is 10.9 Å². The molecule has 0 radical (unpaired) electrons. The molecule has 1 heterocycles. The van der Waals surface area contributed by atoms with Crippen molar-refractivity contribution < 1.29 is 5.11 Å². The molecular formula is C11H12N4OS. The number of hydrogen-bond donors (Lipinski definition) is 2. The van der Waals surface area contributed by atoms with Crippen LogP contribution in [0.2, 0.25) is 0 Å². The van der Waals surface area contributed by atoms with Crippen molar-refractivity contribution in [3.8, 4) is 5.88 Å². The first-order valence-corrected chi connectivity index (χ1v) is 5.43. The van der Waals surface area contributed by atoms with Crippen molar-refractivity contribution in [1.82, 2.24) is 9.88 Å². The summed E-state index contributed by atoms with van der Waals surface area (Å²) in [4.78, 5) is 4.50. The Balaban J connectivity index is 2.42. The predicted octanol–water partition coefficient (Wildman–Crippen LogP) is 2.80. The number of H-pyrrole nitrogens is 1. The molecule has 1 aromatic heterocycles. The zero-order valence-corrected chi connectivity index (χ0v) is 10.3. The Labute approximate surface area is 104 Å². The van der Waals surface area contributed by atoms with E-state index >= 15 is 0 Å². The van der Waals surface area contributed by atoms with Crippen LogP contribution >= 0.6 is 12.2 Å². The molecule has 2 N–H and O–H groups in total. The molecule has 0 fully saturated rings. The number of aromatic hydroxyl groups is 1. The minimum absolute atomic E-state index is 0.00324. The van der Waals surface area contributed by atoms with E-state index < -0.39 is 0 Å². The molecule has 0 spiro atoms. The van der Waals surface area contributed by atoms with E-state index in [0.29, 0.717) is 10.8 Å². The third-order valence-corrected chi connectivity index (χ3v) is 2.72. The monoisotopic (exact) mass is 248 g/mol. The van der Waals surface area contributed by atoms with Gasteiger partial charge in [-0.3, -0.25) is 0 Å². The first kappa shape index (κ1) is 11.5. The van der Waals surface area contributed by atoms with Gasteiger partial charge in [-0.2, -0.15) is 0 Å². The minimum Gasteiger partial charge on any atom is -0.493 e. The summed E-state index contributed by atoms with van der Waals surface area (Å²) in [6, 6.07) is 7.47. The average Bonchev–Trinajstić information content (AvgIpc) is 2.61. The van der Waals surface area contributed by atoms with E-state index in [9.17, 15) is 5.11 Å². The number of nitrogens with one attached hydrogen (secondary N) is 1. The van der Waals surface area contributed by atoms with Crippen LogP contribution in [-0.4, -0.2) is 34.2 Å². The van der Waals surface area contributed by atoms with Crippen molar-refractivity contribution in [2.24, 2.45) is 10.2 Å². The highest BCUT2D eigenvalue weighted by Crippen LogP contribution is 2.35. The van der Waals surface area contributed by atoms with Crippen LogP contribution in [0.4, 0.5) is 5.69 Å². The number of aromatic amines is 1. The highest BCUT2D eigenvalue weighted by Gasteiger charge is 2.09. The fourth-order valence-corrected chi connectivity index (χ4v) is 1.44. The van der Waals surface area contributed by atoms with E-state index in [1.165, 1.54) is 0 Å². The van der Waals surface area contributed by atoms with Crippen LogP contribution in [0.25, 0.3) is 10.9 Å². The van der Waals surface area contributed by atoms with Crippen LogP contribution in [0.5, 0.6) is 5.88 Å². The molecule has 17 heavy (non-hydrogen) atoms. The number of benzene rings is 1. The Kier molecular flexibility index (Phi) is 3.06. The lowest BCUT2D eigenvalue weighted by atomic mass is 10.2. The summed E-state index contributed by atoms with van der Waals surface area (Å²) in [5.41, 5.74) is 1.22. The number of thiocarbonyl (C=S) groups is 1. The van der Waals surface area contributed by atoms with E-state index in [1.807, 2.05) is 24.3 Å². The summed E-state index contributed by atoms with van der Waals surface area (Å²) in [6.45, 7) is 0. The number of azo groups is 1. The van der Waals surface area contributed by atoms with Gasteiger partial charge in [0.05, 0.1) is 5.52 Å². The summed E-state index contributed by atoms with van der Waals surface area (Å²) in [5.74, 6) is -0.00324. The molecule has 1 aromatic carbocycles. The molecule has 0 aliphatic heterocycles. The maximum Gasteiger partial charge on any atom is 0.218 e. The van der Waals surface area contributed by atoms with Crippen LogP contribution in [0.15, 0.2) is 34.5 Å². The molecular weight excluding hydrogens is 236 g/mol. The van der Waals surface area contributed by atoms with Gasteiger partial charge in [0.2, 0.25) is 11.0 Å². The smallest absolute Gasteiger partial charge is 0.218 e. The molecule has 0 saturated heterocycles. The lowest BCUT2D eigenvalue weighted by molar-refractivity contribution is 0.459. The molecule has 5 nitrogen and oxygen atoms in total. The second kappa shape index (κ2) is 4.50. The van der Waals surface area contributed by atoms with Gasteiger partial charge in [0.25, 0.3) is 0 Å². The number of hydrogen-bond acceptors (Lipinski definition) is 3. The van der Waals surface area contributed by atoms with Gasteiger partial charge in [-0.05, 0) is 18.3 Å². The molecule has 0 atom stereocenters. The number of aromatic nitrogens is 1. The molecule has 88 valence electrons. The number of para-hydroxylation sites is 1. The van der Waals surface area contributed by atoms with Crippen molar-refractivity contribution in [2.45, 2.75) is 0 Å². The van der Waals surface area contributed by atoms with Gasteiger partial charge in [0.1, 0.15) is 0 Å². The average molecular weight is 248 g/mol. The molecule has 2 aromatic rings. The molecule has 2 rings (SSSR count). The summed E-state index contributed by atoms with van der Waals surface area (Å²) in [6.07, 6.45) is 0. The summed E-state index contributed by atoms with van der Waals surface area (Å²) >= 11 is 4.99. The van der Waals surface area contributed by atoms with Crippen LogP contribution in [0, 0.1) is 0 Å². The Bertz CT molecular complexity index is 588. The normalized spacial score (nSPS) is 11.2. The van der Waals surface area contributed by atoms with Crippen molar-refractivity contribution in [3.05, 3.63) is 24.3 Å². The van der Waals surface area contributed by atoms with Crippen molar-refractivity contribution in [3.63, 3.8) is 0 Å². The first-order chi connectivity index (χ1) is 8.09. The van der Waals surface area contributed by atoms with Gasteiger partial charge in [-0.25, -0.2) is 0 Å². The van der Waals surface area contributed by atoms with E-state index in [2.05, 4.69) is 15.2 Å². The standard InChI is InChI=1S/C11H12N4OS/c1-15(2)11(17)14-13-9-7-5-3-4-6-8(7)12-10(9)16/h3-6,12,16H,1-2H3/b14-13+. The maximum atomic E-state index is 9.72. The molecule has 0 amide bonds. The number of rotatable bonds is 1. The first-order valence-electron chi connectivity index (χ1n) is 5.02. The van der Waals surface area contributed by atoms with Crippen LogP contribution in [0.3, 0.4) is 0 Å². The van der Waals surface area contributed by atoms with Gasteiger partial charge in [0, 0.05) is 19.5 Å². The molecule has 0 saturated carbocycles. The zero-order chi connectivity index (χ0) is 12.4.